The van der Waals surface area contributed by atoms with E-state index >= 15 is 0 Å². The van der Waals surface area contributed by atoms with Gasteiger partial charge in [0.15, 0.2) is 0 Å². The maximum Gasteiger partial charge on any atom is 0.253 e. The average Bonchev–Trinajstić information content (AvgIpc) is 2.86. The minimum atomic E-state index is 0.194. The van der Waals surface area contributed by atoms with Gasteiger partial charge < -0.3 is 10.2 Å². The van der Waals surface area contributed by atoms with Crippen molar-refractivity contribution >= 4 is 17.7 Å². The summed E-state index contributed by atoms with van der Waals surface area (Å²) >= 11 is 1.93. The second-order valence-corrected chi connectivity index (χ2v) is 5.72. The highest BCUT2D eigenvalue weighted by atomic mass is 32.2. The maximum absolute atomic E-state index is 12.3. The second kappa shape index (κ2) is 4.70. The summed E-state index contributed by atoms with van der Waals surface area (Å²) in [6.45, 7) is 3.61. The van der Waals surface area contributed by atoms with Gasteiger partial charge in [-0.25, -0.2) is 0 Å². The van der Waals surface area contributed by atoms with Gasteiger partial charge in [-0.15, -0.1) is 0 Å². The van der Waals surface area contributed by atoms with Crippen LogP contribution in [-0.2, 0) is 13.1 Å². The van der Waals surface area contributed by atoms with Crippen molar-refractivity contribution in [3.8, 4) is 0 Å². The first-order valence-electron chi connectivity index (χ1n) is 6.04. The number of benzene rings is 1. The van der Waals surface area contributed by atoms with Crippen LogP contribution in [0.15, 0.2) is 18.2 Å². The highest BCUT2D eigenvalue weighted by Gasteiger charge is 2.20. The summed E-state index contributed by atoms with van der Waals surface area (Å²) in [5, 5.41) is 3.31. The summed E-state index contributed by atoms with van der Waals surface area (Å²) < 4.78 is 0. The van der Waals surface area contributed by atoms with E-state index < -0.39 is 0 Å². The zero-order valence-electron chi connectivity index (χ0n) is 9.74. The van der Waals surface area contributed by atoms with Crippen molar-refractivity contribution in [2.75, 3.05) is 24.6 Å². The normalized spacial score (nSPS) is 19.2. The van der Waals surface area contributed by atoms with Gasteiger partial charge in [-0.2, -0.15) is 11.8 Å². The third-order valence-electron chi connectivity index (χ3n) is 3.38. The van der Waals surface area contributed by atoms with E-state index in [4.69, 9.17) is 0 Å². The van der Waals surface area contributed by atoms with Crippen molar-refractivity contribution in [3.05, 3.63) is 34.9 Å². The van der Waals surface area contributed by atoms with E-state index in [-0.39, 0.29) is 5.91 Å². The summed E-state index contributed by atoms with van der Waals surface area (Å²) in [4.78, 5) is 14.3. The third kappa shape index (κ3) is 2.19. The molecule has 1 aromatic rings. The van der Waals surface area contributed by atoms with Crippen molar-refractivity contribution in [2.45, 2.75) is 13.1 Å². The number of hydrogen-bond acceptors (Lipinski definition) is 3. The molecule has 2 aliphatic heterocycles. The van der Waals surface area contributed by atoms with E-state index in [0.717, 1.165) is 43.2 Å². The van der Waals surface area contributed by atoms with Crippen LogP contribution >= 0.6 is 11.8 Å². The predicted molar refractivity (Wildman–Crippen MR) is 70.2 cm³/mol. The molecule has 1 N–H and O–H groups in total. The molecule has 0 aliphatic carbocycles. The Morgan fingerprint density at radius 2 is 1.94 bits per heavy atom. The molecule has 0 radical (unpaired) electrons. The molecule has 0 atom stereocenters. The average molecular weight is 248 g/mol. The number of hydrogen-bond donors (Lipinski definition) is 1. The molecular weight excluding hydrogens is 232 g/mol. The van der Waals surface area contributed by atoms with Crippen LogP contribution in [0.25, 0.3) is 0 Å². The molecule has 0 aromatic heterocycles. The topological polar surface area (TPSA) is 32.3 Å². The molecule has 0 unspecified atom stereocenters. The van der Waals surface area contributed by atoms with Gasteiger partial charge in [-0.1, -0.05) is 6.07 Å². The van der Waals surface area contributed by atoms with Crippen molar-refractivity contribution in [1.29, 1.82) is 0 Å². The van der Waals surface area contributed by atoms with Crippen LogP contribution in [-0.4, -0.2) is 35.4 Å². The van der Waals surface area contributed by atoms with Crippen LogP contribution in [0.1, 0.15) is 21.5 Å². The Bertz CT molecular complexity index is 441. The van der Waals surface area contributed by atoms with Gasteiger partial charge in [0.2, 0.25) is 0 Å². The first kappa shape index (κ1) is 11.1. The molecule has 0 bridgehead atoms. The van der Waals surface area contributed by atoms with Gasteiger partial charge in [-0.05, 0) is 23.3 Å². The molecule has 1 amide bonds. The first-order chi connectivity index (χ1) is 8.34. The van der Waals surface area contributed by atoms with Gasteiger partial charge in [0.1, 0.15) is 0 Å². The molecule has 90 valence electrons. The fraction of sp³-hybridized carbons (Fsp3) is 0.462. The van der Waals surface area contributed by atoms with Gasteiger partial charge in [0.05, 0.1) is 0 Å². The van der Waals surface area contributed by atoms with E-state index in [1.807, 2.05) is 22.7 Å². The minimum Gasteiger partial charge on any atom is -0.337 e. The molecular formula is C13H16N2OS. The van der Waals surface area contributed by atoms with E-state index in [2.05, 4.69) is 17.4 Å². The quantitative estimate of drug-likeness (QED) is 0.817. The van der Waals surface area contributed by atoms with Gasteiger partial charge >= 0.3 is 0 Å². The summed E-state index contributed by atoms with van der Waals surface area (Å²) in [6, 6.07) is 6.11. The highest BCUT2D eigenvalue weighted by Crippen LogP contribution is 2.19. The molecule has 1 fully saturated rings. The fourth-order valence-corrected chi connectivity index (χ4v) is 3.28. The number of carbonyl (C=O) groups excluding carboxylic acids is 1. The SMILES string of the molecule is O=C(c1ccc2c(c1)CNC2)N1CCSCC1. The number of thioether (sulfide) groups is 1. The molecule has 2 aliphatic rings. The monoisotopic (exact) mass is 248 g/mol. The zero-order chi connectivity index (χ0) is 11.7. The summed E-state index contributed by atoms with van der Waals surface area (Å²) in [6.07, 6.45) is 0. The van der Waals surface area contributed by atoms with Gasteiger partial charge in [0, 0.05) is 43.2 Å². The standard InChI is InChI=1S/C13H16N2OS/c16-13(15-3-5-17-6-4-15)10-1-2-11-8-14-9-12(11)7-10/h1-2,7,14H,3-6,8-9H2. The van der Waals surface area contributed by atoms with Gasteiger partial charge in [0.25, 0.3) is 5.91 Å². The molecule has 4 heteroatoms. The van der Waals surface area contributed by atoms with E-state index in [0.29, 0.717) is 0 Å². The summed E-state index contributed by atoms with van der Waals surface area (Å²) in [5.74, 6) is 2.33. The smallest absolute Gasteiger partial charge is 0.253 e. The van der Waals surface area contributed by atoms with Crippen molar-refractivity contribution in [2.24, 2.45) is 0 Å². The van der Waals surface area contributed by atoms with E-state index in [9.17, 15) is 4.79 Å². The van der Waals surface area contributed by atoms with Crippen LogP contribution < -0.4 is 5.32 Å². The maximum atomic E-state index is 12.3. The number of rotatable bonds is 1. The van der Waals surface area contributed by atoms with Crippen LogP contribution in [0.3, 0.4) is 0 Å². The fourth-order valence-electron chi connectivity index (χ4n) is 2.38. The molecule has 3 rings (SSSR count). The molecule has 1 aromatic carbocycles. The van der Waals surface area contributed by atoms with Crippen LogP contribution in [0.5, 0.6) is 0 Å². The lowest BCUT2D eigenvalue weighted by molar-refractivity contribution is 0.0772. The Kier molecular flexibility index (Phi) is 3.07. The van der Waals surface area contributed by atoms with Gasteiger partial charge in [-0.3, -0.25) is 4.79 Å². The van der Waals surface area contributed by atoms with Crippen LogP contribution in [0.2, 0.25) is 0 Å². The number of fused-ring (bicyclic) bond motifs is 1. The second-order valence-electron chi connectivity index (χ2n) is 4.49. The van der Waals surface area contributed by atoms with Crippen LogP contribution in [0.4, 0.5) is 0 Å². The molecule has 0 spiro atoms. The third-order valence-corrected chi connectivity index (χ3v) is 4.32. The lowest BCUT2D eigenvalue weighted by Crippen LogP contribution is -2.37. The molecule has 3 nitrogen and oxygen atoms in total. The number of nitrogens with one attached hydrogen (secondary N) is 1. The lowest BCUT2D eigenvalue weighted by atomic mass is 10.1. The molecule has 1 saturated heterocycles. The summed E-state index contributed by atoms with van der Waals surface area (Å²) in [7, 11) is 0. The number of carbonyl (C=O) groups is 1. The first-order valence-corrected chi connectivity index (χ1v) is 7.19. The Hall–Kier alpha value is -1.00. The van der Waals surface area contributed by atoms with Crippen molar-refractivity contribution < 1.29 is 4.79 Å². The number of nitrogens with zero attached hydrogens (tertiary/aromatic N) is 1. The number of amides is 1. The minimum absolute atomic E-state index is 0.194. The lowest BCUT2D eigenvalue weighted by Gasteiger charge is -2.26. The van der Waals surface area contributed by atoms with Crippen molar-refractivity contribution in [1.82, 2.24) is 10.2 Å². The Labute approximate surface area is 106 Å². The Morgan fingerprint density at radius 3 is 2.76 bits per heavy atom. The molecule has 0 saturated carbocycles. The zero-order valence-corrected chi connectivity index (χ0v) is 10.6. The Balaban J connectivity index is 1.81. The van der Waals surface area contributed by atoms with E-state index in [1.54, 1.807) is 0 Å². The van der Waals surface area contributed by atoms with E-state index in [1.165, 1.54) is 11.1 Å². The highest BCUT2D eigenvalue weighted by molar-refractivity contribution is 7.99. The van der Waals surface area contributed by atoms with Crippen molar-refractivity contribution in [3.63, 3.8) is 0 Å². The molecule has 17 heavy (non-hydrogen) atoms. The summed E-state index contributed by atoms with van der Waals surface area (Å²) in [5.41, 5.74) is 3.46. The van der Waals surface area contributed by atoms with Crippen LogP contribution in [0, 0.1) is 0 Å². The Morgan fingerprint density at radius 1 is 1.18 bits per heavy atom. The molecule has 2 heterocycles. The largest absolute Gasteiger partial charge is 0.337 e. The predicted octanol–water partition coefficient (Wildman–Crippen LogP) is 1.48.